The zero-order chi connectivity index (χ0) is 11.1. The van der Waals surface area contributed by atoms with Gasteiger partial charge < -0.3 is 0 Å². The third-order valence-electron chi connectivity index (χ3n) is 2.29. The average Bonchev–Trinajstić information content (AvgIpc) is 2.83. The maximum Gasteiger partial charge on any atom is 0.285 e. The van der Waals surface area contributed by atoms with E-state index in [4.69, 9.17) is 12.2 Å². The van der Waals surface area contributed by atoms with Gasteiger partial charge in [-0.2, -0.15) is 4.98 Å². The number of carbonyl (C=O) groups excluding carboxylic acids is 1. The van der Waals surface area contributed by atoms with E-state index in [2.05, 4.69) is 4.98 Å². The van der Waals surface area contributed by atoms with E-state index in [0.717, 1.165) is 10.2 Å². The Morgan fingerprint density at radius 1 is 1.44 bits per heavy atom. The molecule has 1 aliphatic rings. The van der Waals surface area contributed by atoms with Crippen LogP contribution in [-0.4, -0.2) is 21.0 Å². The highest BCUT2D eigenvalue weighted by molar-refractivity contribution is 8.25. The van der Waals surface area contributed by atoms with Crippen LogP contribution in [0.5, 0.6) is 0 Å². The molecule has 1 unspecified atom stereocenters. The maximum absolute atomic E-state index is 11.7. The Morgan fingerprint density at radius 3 is 3.00 bits per heavy atom. The Bertz CT molecular complexity index is 577. The second kappa shape index (κ2) is 3.80. The summed E-state index contributed by atoms with van der Waals surface area (Å²) in [5.41, 5.74) is 2.76. The Labute approximate surface area is 105 Å². The summed E-state index contributed by atoms with van der Waals surface area (Å²) in [6, 6.07) is 7.87. The summed E-state index contributed by atoms with van der Waals surface area (Å²) in [5.74, 6) is 0.541. The van der Waals surface area contributed by atoms with Crippen molar-refractivity contribution in [1.82, 2.24) is 4.98 Å². The van der Waals surface area contributed by atoms with Gasteiger partial charge >= 0.3 is 0 Å². The second-order valence-electron chi connectivity index (χ2n) is 3.26. The van der Waals surface area contributed by atoms with E-state index < -0.39 is 10.7 Å². The van der Waals surface area contributed by atoms with E-state index in [1.807, 2.05) is 29.8 Å². The molecule has 0 saturated carbocycles. The molecule has 16 heavy (non-hydrogen) atoms. The fourth-order valence-electron chi connectivity index (χ4n) is 1.58. The van der Waals surface area contributed by atoms with Gasteiger partial charge in [-0.1, -0.05) is 28.2 Å². The Kier molecular flexibility index (Phi) is 2.42. The highest BCUT2D eigenvalue weighted by Gasteiger charge is 2.37. The molecule has 3 rings (SSSR count). The zero-order valence-electron chi connectivity index (χ0n) is 8.12. The molecule has 1 aromatic heterocycles. The Hall–Kier alpha value is -0.980. The Balaban J connectivity index is 2.19. The number of hydrogen-bond donors (Lipinski definition) is 0. The molecule has 80 valence electrons. The summed E-state index contributed by atoms with van der Waals surface area (Å²) in [5, 5.41) is 0. The van der Waals surface area contributed by atoms with Gasteiger partial charge in [0, 0.05) is 6.07 Å². The molecular formula is C10H7N2OS3+. The van der Waals surface area contributed by atoms with Crippen LogP contribution in [0.3, 0.4) is 0 Å². The van der Waals surface area contributed by atoms with Crippen molar-refractivity contribution in [3.05, 3.63) is 29.8 Å². The van der Waals surface area contributed by atoms with Crippen molar-refractivity contribution < 1.29 is 4.79 Å². The smallest absolute Gasteiger partial charge is 0.269 e. The van der Waals surface area contributed by atoms with Gasteiger partial charge in [0.15, 0.2) is 4.32 Å². The fraction of sp³-hybridized carbons (Fsp3) is 0.100. The lowest BCUT2D eigenvalue weighted by Crippen LogP contribution is -2.26. The number of fused-ring (bicyclic) bond motifs is 1. The maximum atomic E-state index is 11.7. The second-order valence-corrected chi connectivity index (χ2v) is 6.51. The van der Waals surface area contributed by atoms with Gasteiger partial charge in [0.25, 0.3) is 11.4 Å². The normalized spacial score (nSPS) is 17.5. The molecule has 0 spiro atoms. The number of thiocarbonyl (C=S) groups is 1. The van der Waals surface area contributed by atoms with Crippen LogP contribution in [0.15, 0.2) is 29.8 Å². The number of thioether (sulfide) groups is 1. The molecule has 6 heteroatoms. The van der Waals surface area contributed by atoms with E-state index >= 15 is 0 Å². The van der Waals surface area contributed by atoms with E-state index in [9.17, 15) is 4.79 Å². The van der Waals surface area contributed by atoms with Crippen LogP contribution in [0.1, 0.15) is 0 Å². The molecule has 0 radical (unpaired) electrons. The number of nitrogens with zero attached hydrogens (tertiary/aromatic N) is 2. The SMILES string of the molecule is O=C1CSC(=S)N1[s+]1cnc2ccccc21. The predicted octanol–water partition coefficient (Wildman–Crippen LogP) is 2.48. The minimum absolute atomic E-state index is 0.0847. The molecule has 1 saturated heterocycles. The lowest BCUT2D eigenvalue weighted by molar-refractivity contribution is -0.114. The average molecular weight is 267 g/mol. The lowest BCUT2D eigenvalue weighted by Gasteiger charge is -2.02. The van der Waals surface area contributed by atoms with Gasteiger partial charge in [-0.15, -0.1) is 0 Å². The standard InChI is InChI=1S/C10H7N2OS3/c13-9-5-15-10(14)12(9)16-6-11-7-3-1-2-4-8(7)16/h1-4,6H,5H2/q+1. The van der Waals surface area contributed by atoms with Crippen LogP contribution in [0.4, 0.5) is 0 Å². The highest BCUT2D eigenvalue weighted by Crippen LogP contribution is 2.36. The van der Waals surface area contributed by atoms with Gasteiger partial charge in [0.05, 0.1) is 5.75 Å². The summed E-state index contributed by atoms with van der Waals surface area (Å²) < 4.78 is 3.44. The van der Waals surface area contributed by atoms with Gasteiger partial charge in [-0.25, -0.2) is 0 Å². The molecule has 1 fully saturated rings. The summed E-state index contributed by atoms with van der Waals surface area (Å²) in [6.07, 6.45) is 0. The fourth-order valence-corrected chi connectivity index (χ4v) is 4.79. The summed E-state index contributed by atoms with van der Waals surface area (Å²) >= 11 is 6.62. The summed E-state index contributed by atoms with van der Waals surface area (Å²) in [4.78, 5) is 16.1. The predicted molar refractivity (Wildman–Crippen MR) is 72.5 cm³/mol. The molecule has 2 heterocycles. The van der Waals surface area contributed by atoms with Crippen LogP contribution in [0, 0.1) is 0 Å². The van der Waals surface area contributed by atoms with Crippen molar-refractivity contribution in [3.8, 4) is 0 Å². The number of aromatic nitrogens is 1. The van der Waals surface area contributed by atoms with Crippen LogP contribution < -0.4 is 4.31 Å². The van der Waals surface area contributed by atoms with Crippen molar-refractivity contribution in [1.29, 1.82) is 0 Å². The molecule has 1 atom stereocenters. The van der Waals surface area contributed by atoms with E-state index in [0.29, 0.717) is 10.1 Å². The molecule has 0 aliphatic carbocycles. The first-order valence-electron chi connectivity index (χ1n) is 4.63. The van der Waals surface area contributed by atoms with E-state index in [-0.39, 0.29) is 5.91 Å². The molecule has 1 aromatic carbocycles. The number of para-hydroxylation sites is 1. The van der Waals surface area contributed by atoms with Crippen molar-refractivity contribution in [3.63, 3.8) is 0 Å². The number of amides is 1. The first-order valence-corrected chi connectivity index (χ1v) is 7.27. The van der Waals surface area contributed by atoms with Gasteiger partial charge in [-0.3, -0.25) is 4.79 Å². The van der Waals surface area contributed by atoms with E-state index in [1.165, 1.54) is 11.8 Å². The molecule has 2 aromatic rings. The number of rotatable bonds is 1. The van der Waals surface area contributed by atoms with Crippen molar-refractivity contribution in [2.75, 3.05) is 10.1 Å². The molecule has 3 nitrogen and oxygen atoms in total. The van der Waals surface area contributed by atoms with Crippen LogP contribution in [-0.2, 0) is 4.79 Å². The van der Waals surface area contributed by atoms with Gasteiger partial charge in [-0.05, 0) is 18.3 Å². The number of hydrogen-bond acceptors (Lipinski definition) is 4. The van der Waals surface area contributed by atoms with Crippen molar-refractivity contribution >= 4 is 55.1 Å². The quantitative estimate of drug-likeness (QED) is 0.587. The van der Waals surface area contributed by atoms with Crippen molar-refractivity contribution in [2.45, 2.75) is 0 Å². The summed E-state index contributed by atoms with van der Waals surface area (Å²) in [6.45, 7) is 0. The van der Waals surface area contributed by atoms with E-state index in [1.54, 1.807) is 4.31 Å². The minimum atomic E-state index is -0.408. The Morgan fingerprint density at radius 2 is 2.25 bits per heavy atom. The minimum Gasteiger partial charge on any atom is -0.269 e. The molecule has 0 N–H and O–H groups in total. The molecule has 0 bridgehead atoms. The largest absolute Gasteiger partial charge is 0.285 e. The van der Waals surface area contributed by atoms with Gasteiger partial charge in [0.1, 0.15) is 16.2 Å². The van der Waals surface area contributed by atoms with Gasteiger partial charge in [0.2, 0.25) is 4.70 Å². The topological polar surface area (TPSA) is 33.2 Å². The first-order chi connectivity index (χ1) is 7.77. The molecule has 1 amide bonds. The zero-order valence-corrected chi connectivity index (χ0v) is 10.6. The first kappa shape index (κ1) is 10.2. The monoisotopic (exact) mass is 267 g/mol. The van der Waals surface area contributed by atoms with Crippen LogP contribution >= 0.6 is 34.6 Å². The van der Waals surface area contributed by atoms with Crippen LogP contribution in [0.2, 0.25) is 0 Å². The highest BCUT2D eigenvalue weighted by atomic mass is 32.2. The summed E-state index contributed by atoms with van der Waals surface area (Å²) in [7, 11) is -0.408. The number of thiazole rings is 1. The third kappa shape index (κ3) is 1.45. The lowest BCUT2D eigenvalue weighted by atomic mass is 10.3. The number of carbonyl (C=O) groups is 1. The van der Waals surface area contributed by atoms with Crippen LogP contribution in [0.25, 0.3) is 10.2 Å². The van der Waals surface area contributed by atoms with Crippen molar-refractivity contribution in [2.24, 2.45) is 0 Å². The molecule has 1 aliphatic heterocycles. The molecular weight excluding hydrogens is 260 g/mol. The third-order valence-corrected chi connectivity index (χ3v) is 5.76. The number of benzene rings is 1.